The fourth-order valence-electron chi connectivity index (χ4n) is 3.87. The molecule has 1 aliphatic rings. The van der Waals surface area contributed by atoms with Gasteiger partial charge in [-0.1, -0.05) is 52.3 Å². The topological polar surface area (TPSA) is 38.8 Å². The van der Waals surface area contributed by atoms with Crippen molar-refractivity contribution in [2.75, 3.05) is 27.3 Å². The molecule has 0 bridgehead atoms. The third-order valence-corrected chi connectivity index (χ3v) is 6.13. The molecule has 33 heavy (non-hydrogen) atoms. The highest BCUT2D eigenvalue weighted by Crippen LogP contribution is 2.25. The average molecular weight is 504 g/mol. The van der Waals surface area contributed by atoms with Crippen LogP contribution >= 0.6 is 15.9 Å². The summed E-state index contributed by atoms with van der Waals surface area (Å²) in [6.07, 6.45) is 3.97. The highest BCUT2D eigenvalue weighted by molar-refractivity contribution is 9.10. The number of piperidine rings is 1. The van der Waals surface area contributed by atoms with Crippen molar-refractivity contribution in [3.63, 3.8) is 0 Å². The van der Waals surface area contributed by atoms with Gasteiger partial charge in [-0.25, -0.2) is 0 Å². The van der Waals surface area contributed by atoms with Crippen molar-refractivity contribution in [1.29, 1.82) is 0 Å². The second-order valence-corrected chi connectivity index (χ2v) is 8.90. The predicted molar refractivity (Wildman–Crippen MR) is 136 cm³/mol. The molecule has 1 aliphatic heterocycles. The first-order valence-electron chi connectivity index (χ1n) is 10.7. The van der Waals surface area contributed by atoms with Crippen molar-refractivity contribution >= 4 is 33.9 Å². The van der Waals surface area contributed by atoms with Gasteiger partial charge in [-0.15, -0.1) is 0 Å². The van der Waals surface area contributed by atoms with Crippen LogP contribution in [0.1, 0.15) is 16.7 Å². The molecule has 1 heterocycles. The Hall–Kier alpha value is -3.15. The molecule has 3 aromatic carbocycles. The minimum Gasteiger partial charge on any atom is -0.497 e. The Morgan fingerprint density at radius 1 is 0.758 bits per heavy atom. The lowest BCUT2D eigenvalue weighted by molar-refractivity contribution is -0.113. The van der Waals surface area contributed by atoms with Gasteiger partial charge in [0.2, 0.25) is 0 Å². The molecule has 0 amide bonds. The maximum atomic E-state index is 13.4. The second kappa shape index (κ2) is 10.6. The standard InChI is InChI=1S/C28H26BrNO3/c1-32-26-11-5-20(6-12-26)15-23-18-30(17-22-3-9-25(29)10-4-22)19-24(28(23)31)16-21-7-13-27(33-2)14-8-21/h3-16H,17-19H2,1-2H3/b23-15+,24-16+. The Kier molecular flexibility index (Phi) is 7.43. The number of carbonyl (C=O) groups is 1. The van der Waals surface area contributed by atoms with Crippen LogP contribution < -0.4 is 9.47 Å². The van der Waals surface area contributed by atoms with Gasteiger partial charge >= 0.3 is 0 Å². The molecule has 0 saturated carbocycles. The first-order chi connectivity index (χ1) is 16.0. The Morgan fingerprint density at radius 2 is 1.21 bits per heavy atom. The lowest BCUT2D eigenvalue weighted by atomic mass is 9.94. The molecule has 3 aromatic rings. The fourth-order valence-corrected chi connectivity index (χ4v) is 4.14. The Balaban J connectivity index is 1.65. The summed E-state index contributed by atoms with van der Waals surface area (Å²) in [5.74, 6) is 1.68. The number of benzene rings is 3. The van der Waals surface area contributed by atoms with Gasteiger partial charge in [-0.3, -0.25) is 9.69 Å². The number of ether oxygens (including phenoxy) is 2. The maximum Gasteiger partial charge on any atom is 0.187 e. The van der Waals surface area contributed by atoms with E-state index in [1.54, 1.807) is 14.2 Å². The van der Waals surface area contributed by atoms with Crippen molar-refractivity contribution in [3.05, 3.63) is 105 Å². The molecule has 1 fully saturated rings. The average Bonchev–Trinajstić information content (AvgIpc) is 2.84. The number of likely N-dealkylation sites (tertiary alicyclic amines) is 1. The van der Waals surface area contributed by atoms with Gasteiger partial charge in [-0.05, 0) is 65.2 Å². The number of nitrogens with zero attached hydrogens (tertiary/aromatic N) is 1. The molecule has 0 aromatic heterocycles. The van der Waals surface area contributed by atoms with Crippen LogP contribution in [-0.2, 0) is 11.3 Å². The summed E-state index contributed by atoms with van der Waals surface area (Å²) < 4.78 is 11.6. The van der Waals surface area contributed by atoms with Crippen molar-refractivity contribution < 1.29 is 14.3 Å². The van der Waals surface area contributed by atoms with Gasteiger partial charge < -0.3 is 9.47 Å². The van der Waals surface area contributed by atoms with E-state index in [1.807, 2.05) is 72.8 Å². The minimum atomic E-state index is 0.0914. The van der Waals surface area contributed by atoms with E-state index in [-0.39, 0.29) is 5.78 Å². The molecule has 4 nitrogen and oxygen atoms in total. The van der Waals surface area contributed by atoms with Crippen LogP contribution in [0, 0.1) is 0 Å². The fraction of sp³-hybridized carbons (Fsp3) is 0.179. The molecular weight excluding hydrogens is 478 g/mol. The van der Waals surface area contributed by atoms with Gasteiger partial charge in [0.1, 0.15) is 11.5 Å². The lowest BCUT2D eigenvalue weighted by Gasteiger charge is -2.30. The van der Waals surface area contributed by atoms with Crippen LogP contribution in [0.5, 0.6) is 11.5 Å². The van der Waals surface area contributed by atoms with Crippen LogP contribution in [0.3, 0.4) is 0 Å². The monoisotopic (exact) mass is 503 g/mol. The predicted octanol–water partition coefficient (Wildman–Crippen LogP) is 6.02. The van der Waals surface area contributed by atoms with Crippen LogP contribution in [0.2, 0.25) is 0 Å². The normalized spacial score (nSPS) is 16.9. The molecule has 0 radical (unpaired) electrons. The van der Waals surface area contributed by atoms with Crippen LogP contribution in [-0.4, -0.2) is 38.0 Å². The molecule has 168 valence electrons. The Morgan fingerprint density at radius 3 is 1.64 bits per heavy atom. The SMILES string of the molecule is COc1ccc(/C=C2\CN(Cc3ccc(Br)cc3)C/C(=C\c3ccc(OC)cc3)C2=O)cc1. The van der Waals surface area contributed by atoms with E-state index in [2.05, 4.69) is 33.0 Å². The van der Waals surface area contributed by atoms with Gasteiger partial charge in [0.05, 0.1) is 14.2 Å². The largest absolute Gasteiger partial charge is 0.497 e. The van der Waals surface area contributed by atoms with Crippen LogP contribution in [0.4, 0.5) is 0 Å². The number of carbonyl (C=O) groups excluding carboxylic acids is 1. The number of methoxy groups -OCH3 is 2. The second-order valence-electron chi connectivity index (χ2n) is 7.99. The summed E-state index contributed by atoms with van der Waals surface area (Å²) in [5.41, 5.74) is 4.73. The molecule has 1 saturated heterocycles. The third-order valence-electron chi connectivity index (χ3n) is 5.60. The first-order valence-corrected chi connectivity index (χ1v) is 11.5. The van der Waals surface area contributed by atoms with E-state index in [4.69, 9.17) is 9.47 Å². The molecule has 5 heteroatoms. The molecular formula is C28H26BrNO3. The smallest absolute Gasteiger partial charge is 0.187 e. The molecule has 0 unspecified atom stereocenters. The van der Waals surface area contributed by atoms with Crippen molar-refractivity contribution in [3.8, 4) is 11.5 Å². The minimum absolute atomic E-state index is 0.0914. The molecule has 0 N–H and O–H groups in total. The third kappa shape index (κ3) is 6.01. The zero-order chi connectivity index (χ0) is 23.2. The summed E-state index contributed by atoms with van der Waals surface area (Å²) in [6, 6.07) is 23.8. The summed E-state index contributed by atoms with van der Waals surface area (Å²) in [4.78, 5) is 15.7. The van der Waals surface area contributed by atoms with Gasteiger partial charge in [0.25, 0.3) is 0 Å². The van der Waals surface area contributed by atoms with Crippen molar-refractivity contribution in [1.82, 2.24) is 4.90 Å². The zero-order valence-corrected chi connectivity index (χ0v) is 20.3. The number of hydrogen-bond donors (Lipinski definition) is 0. The number of Topliss-reactive ketones (excluding diaryl/α,β-unsaturated/α-hetero) is 1. The number of rotatable bonds is 6. The van der Waals surface area contributed by atoms with Gasteiger partial charge in [-0.2, -0.15) is 0 Å². The van der Waals surface area contributed by atoms with Crippen LogP contribution in [0.25, 0.3) is 12.2 Å². The summed E-state index contributed by atoms with van der Waals surface area (Å²) in [6.45, 7) is 1.96. The first kappa shape index (κ1) is 23.0. The molecule has 0 spiro atoms. The summed E-state index contributed by atoms with van der Waals surface area (Å²) in [5, 5.41) is 0. The van der Waals surface area contributed by atoms with E-state index in [0.29, 0.717) is 13.1 Å². The number of ketones is 1. The van der Waals surface area contributed by atoms with E-state index in [1.165, 1.54) is 5.56 Å². The maximum absolute atomic E-state index is 13.4. The van der Waals surface area contributed by atoms with Gasteiger partial charge in [0.15, 0.2) is 5.78 Å². The van der Waals surface area contributed by atoms with E-state index >= 15 is 0 Å². The van der Waals surface area contributed by atoms with E-state index in [0.717, 1.165) is 44.8 Å². The quantitative estimate of drug-likeness (QED) is 0.385. The number of hydrogen-bond acceptors (Lipinski definition) is 4. The molecule has 0 atom stereocenters. The molecule has 0 aliphatic carbocycles. The summed E-state index contributed by atoms with van der Waals surface area (Å²) >= 11 is 3.50. The summed E-state index contributed by atoms with van der Waals surface area (Å²) in [7, 11) is 3.29. The molecule has 4 rings (SSSR count). The number of halogens is 1. The Bertz CT molecular complexity index is 1090. The van der Waals surface area contributed by atoms with Crippen molar-refractivity contribution in [2.45, 2.75) is 6.54 Å². The van der Waals surface area contributed by atoms with E-state index in [9.17, 15) is 4.79 Å². The van der Waals surface area contributed by atoms with Crippen molar-refractivity contribution in [2.24, 2.45) is 0 Å². The lowest BCUT2D eigenvalue weighted by Crippen LogP contribution is -2.37. The Labute approximate surface area is 203 Å². The highest BCUT2D eigenvalue weighted by atomic mass is 79.9. The van der Waals surface area contributed by atoms with Gasteiger partial charge in [0, 0.05) is 35.3 Å². The van der Waals surface area contributed by atoms with Crippen LogP contribution in [0.15, 0.2) is 88.4 Å². The highest BCUT2D eigenvalue weighted by Gasteiger charge is 2.26. The van der Waals surface area contributed by atoms with E-state index < -0.39 is 0 Å². The zero-order valence-electron chi connectivity index (χ0n) is 18.8.